The van der Waals surface area contributed by atoms with E-state index in [9.17, 15) is 9.90 Å². The van der Waals surface area contributed by atoms with Crippen LogP contribution in [-0.4, -0.2) is 22.7 Å². The van der Waals surface area contributed by atoms with E-state index in [0.29, 0.717) is 22.8 Å². The van der Waals surface area contributed by atoms with Gasteiger partial charge in [-0.1, -0.05) is 5.16 Å². The molecule has 0 radical (unpaired) electrons. The molecule has 0 aliphatic rings. The summed E-state index contributed by atoms with van der Waals surface area (Å²) in [6.45, 7) is 7.12. The largest absolute Gasteiger partial charge is 0.466 e. The highest BCUT2D eigenvalue weighted by atomic mass is 16.5. The fourth-order valence-electron chi connectivity index (χ4n) is 2.26. The van der Waals surface area contributed by atoms with Gasteiger partial charge in [-0.15, -0.1) is 0 Å². The average Bonchev–Trinajstić information content (AvgIpc) is 2.93. The number of furan rings is 1. The third-order valence-corrected chi connectivity index (χ3v) is 3.27. The van der Waals surface area contributed by atoms with Crippen molar-refractivity contribution in [3.8, 4) is 0 Å². The van der Waals surface area contributed by atoms with Crippen molar-refractivity contribution in [2.75, 3.05) is 6.54 Å². The first-order valence-electron chi connectivity index (χ1n) is 6.77. The molecule has 6 nitrogen and oxygen atoms in total. The zero-order chi connectivity index (χ0) is 15.6. The second-order valence-corrected chi connectivity index (χ2v) is 5.48. The van der Waals surface area contributed by atoms with E-state index in [0.717, 1.165) is 5.76 Å². The standard InChI is InChI=1S/C15H20N2O4/c1-9-6-13(11(3)20-9)15(4,19)8-16-14(18)7-12-5-10(2)21-17-12/h5-6,19H,7-8H2,1-4H3,(H,16,18). The lowest BCUT2D eigenvalue weighted by Crippen LogP contribution is -2.39. The van der Waals surface area contributed by atoms with E-state index in [1.807, 2.05) is 6.92 Å². The normalized spacial score (nSPS) is 14.0. The summed E-state index contributed by atoms with van der Waals surface area (Å²) >= 11 is 0. The third kappa shape index (κ3) is 3.72. The smallest absolute Gasteiger partial charge is 0.226 e. The van der Waals surface area contributed by atoms with Crippen molar-refractivity contribution in [1.29, 1.82) is 0 Å². The Hall–Kier alpha value is -2.08. The Morgan fingerprint density at radius 2 is 2.05 bits per heavy atom. The molecule has 1 amide bonds. The van der Waals surface area contributed by atoms with Gasteiger partial charge in [-0.25, -0.2) is 0 Å². The second-order valence-electron chi connectivity index (χ2n) is 5.48. The van der Waals surface area contributed by atoms with E-state index >= 15 is 0 Å². The maximum absolute atomic E-state index is 11.9. The fraction of sp³-hybridized carbons (Fsp3) is 0.467. The minimum atomic E-state index is -1.18. The summed E-state index contributed by atoms with van der Waals surface area (Å²) < 4.78 is 10.3. The van der Waals surface area contributed by atoms with Crippen molar-refractivity contribution in [3.05, 3.63) is 40.7 Å². The number of hydrogen-bond acceptors (Lipinski definition) is 5. The summed E-state index contributed by atoms with van der Waals surface area (Å²) in [6.07, 6.45) is 0.122. The van der Waals surface area contributed by atoms with Gasteiger partial charge in [0.05, 0.1) is 18.7 Å². The molecule has 114 valence electrons. The van der Waals surface area contributed by atoms with E-state index in [2.05, 4.69) is 10.5 Å². The molecule has 0 saturated carbocycles. The minimum absolute atomic E-state index is 0.0997. The zero-order valence-corrected chi connectivity index (χ0v) is 12.7. The average molecular weight is 292 g/mol. The van der Waals surface area contributed by atoms with Gasteiger partial charge in [0, 0.05) is 11.6 Å². The van der Waals surface area contributed by atoms with Crippen LogP contribution < -0.4 is 5.32 Å². The maximum atomic E-state index is 11.9. The molecule has 0 bridgehead atoms. The number of carbonyl (C=O) groups excluding carboxylic acids is 1. The molecule has 1 atom stereocenters. The van der Waals surface area contributed by atoms with Crippen molar-refractivity contribution in [1.82, 2.24) is 10.5 Å². The number of amides is 1. The highest BCUT2D eigenvalue weighted by molar-refractivity contribution is 5.78. The van der Waals surface area contributed by atoms with Gasteiger partial charge in [0.2, 0.25) is 5.91 Å². The number of hydrogen-bond donors (Lipinski definition) is 2. The first-order chi connectivity index (χ1) is 9.78. The molecule has 2 rings (SSSR count). The number of aryl methyl sites for hydroxylation is 3. The molecule has 0 aliphatic carbocycles. The number of aliphatic hydroxyl groups is 1. The number of nitrogens with zero attached hydrogens (tertiary/aromatic N) is 1. The fourth-order valence-corrected chi connectivity index (χ4v) is 2.26. The summed E-state index contributed by atoms with van der Waals surface area (Å²) in [4.78, 5) is 11.9. The van der Waals surface area contributed by atoms with E-state index in [-0.39, 0.29) is 18.9 Å². The molecule has 21 heavy (non-hydrogen) atoms. The minimum Gasteiger partial charge on any atom is -0.466 e. The van der Waals surface area contributed by atoms with Gasteiger partial charge in [-0.3, -0.25) is 4.79 Å². The van der Waals surface area contributed by atoms with Crippen LogP contribution in [-0.2, 0) is 16.8 Å². The van der Waals surface area contributed by atoms with Crippen LogP contribution in [0.25, 0.3) is 0 Å². The van der Waals surface area contributed by atoms with Gasteiger partial charge in [0.1, 0.15) is 22.9 Å². The molecule has 0 fully saturated rings. The Morgan fingerprint density at radius 3 is 2.57 bits per heavy atom. The molecule has 2 aromatic rings. The van der Waals surface area contributed by atoms with Crippen molar-refractivity contribution >= 4 is 5.91 Å². The summed E-state index contributed by atoms with van der Waals surface area (Å²) in [5, 5.41) is 17.0. The lowest BCUT2D eigenvalue weighted by Gasteiger charge is -2.23. The van der Waals surface area contributed by atoms with Crippen LogP contribution in [0.15, 0.2) is 21.1 Å². The monoisotopic (exact) mass is 292 g/mol. The molecule has 6 heteroatoms. The third-order valence-electron chi connectivity index (χ3n) is 3.27. The molecular formula is C15H20N2O4. The molecular weight excluding hydrogens is 272 g/mol. The lowest BCUT2D eigenvalue weighted by atomic mass is 9.96. The van der Waals surface area contributed by atoms with Crippen LogP contribution in [0.5, 0.6) is 0 Å². The Balaban J connectivity index is 1.95. The van der Waals surface area contributed by atoms with Crippen LogP contribution in [0.4, 0.5) is 0 Å². The van der Waals surface area contributed by atoms with Crippen molar-refractivity contribution in [2.24, 2.45) is 0 Å². The second kappa shape index (κ2) is 5.73. The van der Waals surface area contributed by atoms with Crippen molar-refractivity contribution in [2.45, 2.75) is 39.7 Å². The SMILES string of the molecule is Cc1cc(CC(=O)NCC(C)(O)c2cc(C)oc2C)no1. The molecule has 0 spiro atoms. The van der Waals surface area contributed by atoms with Crippen LogP contribution in [0.3, 0.4) is 0 Å². The Kier molecular flexibility index (Phi) is 4.18. The van der Waals surface area contributed by atoms with Gasteiger partial charge >= 0.3 is 0 Å². The van der Waals surface area contributed by atoms with E-state index in [1.165, 1.54) is 0 Å². The van der Waals surface area contributed by atoms with Crippen LogP contribution in [0, 0.1) is 20.8 Å². The molecule has 0 saturated heterocycles. The van der Waals surface area contributed by atoms with Crippen LogP contribution in [0.2, 0.25) is 0 Å². The van der Waals surface area contributed by atoms with Gasteiger partial charge in [-0.05, 0) is 33.8 Å². The van der Waals surface area contributed by atoms with Crippen LogP contribution >= 0.6 is 0 Å². The first-order valence-corrected chi connectivity index (χ1v) is 6.77. The molecule has 1 unspecified atom stereocenters. The van der Waals surface area contributed by atoms with Gasteiger partial charge in [-0.2, -0.15) is 0 Å². The summed E-state index contributed by atoms with van der Waals surface area (Å²) in [6, 6.07) is 3.49. The summed E-state index contributed by atoms with van der Waals surface area (Å²) in [5.74, 6) is 1.82. The van der Waals surface area contributed by atoms with Crippen molar-refractivity contribution in [3.63, 3.8) is 0 Å². The molecule has 2 heterocycles. The number of aromatic nitrogens is 1. The van der Waals surface area contributed by atoms with E-state index < -0.39 is 5.60 Å². The molecule has 2 aromatic heterocycles. The van der Waals surface area contributed by atoms with E-state index in [1.54, 1.807) is 32.9 Å². The predicted octanol–water partition coefficient (Wildman–Crippen LogP) is 1.76. The number of carbonyl (C=O) groups is 1. The quantitative estimate of drug-likeness (QED) is 0.876. The van der Waals surface area contributed by atoms with Crippen LogP contribution in [0.1, 0.15) is 35.5 Å². The zero-order valence-electron chi connectivity index (χ0n) is 12.7. The summed E-state index contributed by atoms with van der Waals surface area (Å²) in [5.41, 5.74) is 0.0645. The first kappa shape index (κ1) is 15.3. The Morgan fingerprint density at radius 1 is 1.33 bits per heavy atom. The number of nitrogens with one attached hydrogen (secondary N) is 1. The van der Waals surface area contributed by atoms with Crippen molar-refractivity contribution < 1.29 is 18.8 Å². The predicted molar refractivity (Wildman–Crippen MR) is 75.7 cm³/mol. The molecule has 2 N–H and O–H groups in total. The molecule has 0 aliphatic heterocycles. The highest BCUT2D eigenvalue weighted by Gasteiger charge is 2.28. The van der Waals surface area contributed by atoms with Gasteiger partial charge in [0.15, 0.2) is 0 Å². The van der Waals surface area contributed by atoms with Gasteiger partial charge in [0.25, 0.3) is 0 Å². The molecule has 0 aromatic carbocycles. The highest BCUT2D eigenvalue weighted by Crippen LogP contribution is 2.26. The maximum Gasteiger partial charge on any atom is 0.226 e. The Bertz CT molecular complexity index is 640. The topological polar surface area (TPSA) is 88.5 Å². The number of rotatable bonds is 5. The Labute approximate surface area is 123 Å². The lowest BCUT2D eigenvalue weighted by molar-refractivity contribution is -0.121. The van der Waals surface area contributed by atoms with Gasteiger partial charge < -0.3 is 19.4 Å². The van der Waals surface area contributed by atoms with E-state index in [4.69, 9.17) is 8.94 Å². The summed E-state index contributed by atoms with van der Waals surface area (Å²) in [7, 11) is 0.